The summed E-state index contributed by atoms with van der Waals surface area (Å²) < 4.78 is 4.25. The molecule has 0 fully saturated rings. The molecule has 0 saturated carbocycles. The highest BCUT2D eigenvalue weighted by Gasteiger charge is 2.13. The number of benzene rings is 3. The molecule has 5 heteroatoms. The Balaban J connectivity index is 0.000000571. The van der Waals surface area contributed by atoms with E-state index in [-0.39, 0.29) is 0 Å². The number of ether oxygens (including phenoxy) is 1. The maximum Gasteiger partial charge on any atom is 0.138 e. The number of aromatic nitrogens is 4. The average molecular weight is 511 g/mol. The predicted molar refractivity (Wildman–Crippen MR) is 162 cm³/mol. The highest BCUT2D eigenvalue weighted by atomic mass is 16.4. The standard InChI is InChI=1S/C26H22N4.C3H8.C2H6O.C2H6/c1-17-23(19-9-5-3-6-10-19)29-25(27-17)21-13-15-22(16-14-21)26-28-18(2)24(30-26)20-11-7-4-8-12-20;2*1-3-2;1-2/h3-16H,1-2H3,(H,27,29)(H,28,30);3H2,1-2H3;1-2H3;1-2H3. The molecule has 0 radical (unpaired) electrons. The van der Waals surface area contributed by atoms with Crippen LogP contribution >= 0.6 is 0 Å². The summed E-state index contributed by atoms with van der Waals surface area (Å²) >= 11 is 0. The first-order valence-corrected chi connectivity index (χ1v) is 13.3. The summed E-state index contributed by atoms with van der Waals surface area (Å²) in [5.74, 6) is 1.75. The van der Waals surface area contributed by atoms with Crippen molar-refractivity contribution >= 4 is 0 Å². The van der Waals surface area contributed by atoms with Gasteiger partial charge in [-0.3, -0.25) is 0 Å². The molecule has 0 spiro atoms. The molecule has 3 aromatic carbocycles. The maximum atomic E-state index is 4.83. The second kappa shape index (κ2) is 16.0. The van der Waals surface area contributed by atoms with Gasteiger partial charge in [0.15, 0.2) is 0 Å². The summed E-state index contributed by atoms with van der Waals surface area (Å²) in [7, 11) is 3.25. The van der Waals surface area contributed by atoms with E-state index in [2.05, 4.69) is 90.9 Å². The van der Waals surface area contributed by atoms with Gasteiger partial charge in [-0.15, -0.1) is 0 Å². The minimum Gasteiger partial charge on any atom is -0.388 e. The van der Waals surface area contributed by atoms with Crippen molar-refractivity contribution in [2.75, 3.05) is 14.2 Å². The molecule has 200 valence electrons. The van der Waals surface area contributed by atoms with E-state index in [1.54, 1.807) is 14.2 Å². The Morgan fingerprint density at radius 3 is 1.13 bits per heavy atom. The normalized spacial score (nSPS) is 9.79. The molecule has 0 saturated heterocycles. The number of aryl methyl sites for hydroxylation is 2. The van der Waals surface area contributed by atoms with Crippen LogP contribution in [0.15, 0.2) is 84.9 Å². The lowest BCUT2D eigenvalue weighted by atomic mass is 10.1. The molecule has 5 aromatic rings. The topological polar surface area (TPSA) is 66.6 Å². The number of H-pyrrole nitrogens is 2. The molecule has 5 nitrogen and oxygen atoms in total. The first kappa shape index (κ1) is 30.3. The van der Waals surface area contributed by atoms with Gasteiger partial charge in [-0.05, 0) is 13.8 Å². The van der Waals surface area contributed by atoms with Gasteiger partial charge in [0.1, 0.15) is 11.6 Å². The van der Waals surface area contributed by atoms with Crippen molar-refractivity contribution in [1.29, 1.82) is 0 Å². The minimum absolute atomic E-state index is 0.874. The maximum absolute atomic E-state index is 4.83. The number of methoxy groups -OCH3 is 1. The average Bonchev–Trinajstić information content (AvgIpc) is 3.54. The van der Waals surface area contributed by atoms with Crippen LogP contribution in [0.1, 0.15) is 45.5 Å². The molecular formula is C33H42N4O. The third-order valence-corrected chi connectivity index (χ3v) is 5.30. The zero-order valence-electron chi connectivity index (χ0n) is 24.1. The Bertz CT molecular complexity index is 1220. The van der Waals surface area contributed by atoms with E-state index in [0.29, 0.717) is 0 Å². The Labute approximate surface area is 228 Å². The monoisotopic (exact) mass is 510 g/mol. The van der Waals surface area contributed by atoms with E-state index in [1.807, 2.05) is 50.2 Å². The Morgan fingerprint density at radius 1 is 0.553 bits per heavy atom. The molecule has 0 unspecified atom stereocenters. The van der Waals surface area contributed by atoms with Crippen LogP contribution in [0.3, 0.4) is 0 Å². The van der Waals surface area contributed by atoms with Gasteiger partial charge in [0.25, 0.3) is 0 Å². The summed E-state index contributed by atoms with van der Waals surface area (Å²) in [6.07, 6.45) is 1.25. The molecule has 0 aliphatic carbocycles. The van der Waals surface area contributed by atoms with Gasteiger partial charge in [-0.2, -0.15) is 0 Å². The number of nitrogens with one attached hydrogen (secondary N) is 2. The zero-order valence-corrected chi connectivity index (χ0v) is 24.1. The van der Waals surface area contributed by atoms with E-state index >= 15 is 0 Å². The molecule has 5 rings (SSSR count). The molecule has 2 aromatic heterocycles. The van der Waals surface area contributed by atoms with Crippen LogP contribution in [0.4, 0.5) is 0 Å². The van der Waals surface area contributed by atoms with Crippen LogP contribution in [-0.4, -0.2) is 34.2 Å². The van der Waals surface area contributed by atoms with Crippen molar-refractivity contribution < 1.29 is 4.74 Å². The fraction of sp³-hybridized carbons (Fsp3) is 0.273. The van der Waals surface area contributed by atoms with E-state index in [4.69, 9.17) is 9.97 Å². The van der Waals surface area contributed by atoms with Gasteiger partial charge in [-0.1, -0.05) is 119 Å². The Morgan fingerprint density at radius 2 is 0.842 bits per heavy atom. The van der Waals surface area contributed by atoms with Crippen LogP contribution in [0.5, 0.6) is 0 Å². The van der Waals surface area contributed by atoms with Crippen LogP contribution in [0.25, 0.3) is 45.3 Å². The molecule has 0 bridgehead atoms. The van der Waals surface area contributed by atoms with Crippen molar-refractivity contribution in [2.45, 2.75) is 48.0 Å². The third-order valence-electron chi connectivity index (χ3n) is 5.30. The number of rotatable bonds is 4. The van der Waals surface area contributed by atoms with Crippen molar-refractivity contribution in [3.8, 4) is 45.3 Å². The molecule has 0 aliphatic rings. The van der Waals surface area contributed by atoms with Crippen molar-refractivity contribution in [1.82, 2.24) is 19.9 Å². The summed E-state index contributed by atoms with van der Waals surface area (Å²) in [5.41, 5.74) is 8.45. The molecular weight excluding hydrogens is 468 g/mol. The summed E-state index contributed by atoms with van der Waals surface area (Å²) in [6, 6.07) is 28.9. The van der Waals surface area contributed by atoms with Crippen LogP contribution in [0.2, 0.25) is 0 Å². The lowest BCUT2D eigenvalue weighted by Gasteiger charge is -2.00. The van der Waals surface area contributed by atoms with E-state index in [1.165, 1.54) is 6.42 Å². The summed E-state index contributed by atoms with van der Waals surface area (Å²) in [4.78, 5) is 16.5. The molecule has 0 amide bonds. The Kier molecular flexibility index (Phi) is 12.7. The molecule has 2 N–H and O–H groups in total. The van der Waals surface area contributed by atoms with Gasteiger partial charge in [0.2, 0.25) is 0 Å². The fourth-order valence-corrected chi connectivity index (χ4v) is 3.73. The van der Waals surface area contributed by atoms with Gasteiger partial charge in [0, 0.05) is 47.9 Å². The highest BCUT2D eigenvalue weighted by Crippen LogP contribution is 2.29. The second-order valence-electron chi connectivity index (χ2n) is 8.54. The quantitative estimate of drug-likeness (QED) is 0.253. The largest absolute Gasteiger partial charge is 0.388 e. The minimum atomic E-state index is 0.874. The van der Waals surface area contributed by atoms with Gasteiger partial charge in [-0.25, -0.2) is 9.97 Å². The molecule has 38 heavy (non-hydrogen) atoms. The fourth-order valence-electron chi connectivity index (χ4n) is 3.73. The van der Waals surface area contributed by atoms with Crippen LogP contribution in [-0.2, 0) is 4.74 Å². The number of nitrogens with zero attached hydrogens (tertiary/aromatic N) is 2. The number of hydrogen-bond donors (Lipinski definition) is 2. The first-order chi connectivity index (χ1) is 18.5. The molecule has 0 atom stereocenters. The van der Waals surface area contributed by atoms with Crippen molar-refractivity contribution in [2.24, 2.45) is 0 Å². The molecule has 2 heterocycles. The molecule has 0 aliphatic heterocycles. The second-order valence-corrected chi connectivity index (χ2v) is 8.54. The summed E-state index contributed by atoms with van der Waals surface area (Å²) in [6.45, 7) is 12.4. The first-order valence-electron chi connectivity index (χ1n) is 13.3. The van der Waals surface area contributed by atoms with E-state index in [0.717, 1.165) is 56.7 Å². The van der Waals surface area contributed by atoms with Crippen molar-refractivity contribution in [3.63, 3.8) is 0 Å². The van der Waals surface area contributed by atoms with Gasteiger partial charge < -0.3 is 14.7 Å². The number of aromatic amines is 2. The number of imidazole rings is 2. The van der Waals surface area contributed by atoms with Crippen LogP contribution < -0.4 is 0 Å². The highest BCUT2D eigenvalue weighted by molar-refractivity contribution is 5.71. The van der Waals surface area contributed by atoms with E-state index < -0.39 is 0 Å². The zero-order chi connectivity index (χ0) is 27.9. The van der Waals surface area contributed by atoms with Crippen molar-refractivity contribution in [3.05, 3.63) is 96.3 Å². The predicted octanol–water partition coefficient (Wildman–Crippen LogP) is 9.12. The van der Waals surface area contributed by atoms with E-state index in [9.17, 15) is 0 Å². The number of hydrogen-bond acceptors (Lipinski definition) is 3. The lowest BCUT2D eigenvalue weighted by molar-refractivity contribution is 0.277. The van der Waals surface area contributed by atoms with Crippen LogP contribution in [0, 0.1) is 13.8 Å². The smallest absolute Gasteiger partial charge is 0.138 e. The Hall–Kier alpha value is -3.96. The van der Waals surface area contributed by atoms with Gasteiger partial charge in [0.05, 0.1) is 11.4 Å². The lowest BCUT2D eigenvalue weighted by Crippen LogP contribution is -1.84. The summed E-state index contributed by atoms with van der Waals surface area (Å²) in [5, 5.41) is 0. The third kappa shape index (κ3) is 8.02. The van der Waals surface area contributed by atoms with Gasteiger partial charge >= 0.3 is 0 Å². The SMILES string of the molecule is CC.CCC.COC.Cc1[nH]c(-c2ccc(-c3nc(-c4ccccc4)c(C)[nH]3)cc2)nc1-c1ccccc1.